The standard InChI is InChI=1S/C18H36N2/c1-12(2)9-16-11-20(18(10-19-16)13(3)4)17-8-7-14(5)15(17)6/h12-19H,7-11H2,1-6H3. The molecule has 1 saturated heterocycles. The Bertz CT molecular complexity index is 300. The summed E-state index contributed by atoms with van der Waals surface area (Å²) in [5.74, 6) is 3.33. The molecule has 118 valence electrons. The lowest BCUT2D eigenvalue weighted by Gasteiger charge is -2.47. The van der Waals surface area contributed by atoms with Gasteiger partial charge < -0.3 is 5.32 Å². The first-order valence-corrected chi connectivity index (χ1v) is 8.89. The van der Waals surface area contributed by atoms with Crippen LogP contribution in [0.15, 0.2) is 0 Å². The summed E-state index contributed by atoms with van der Waals surface area (Å²) in [5, 5.41) is 3.82. The summed E-state index contributed by atoms with van der Waals surface area (Å²) in [6.07, 6.45) is 4.16. The fourth-order valence-electron chi connectivity index (χ4n) is 4.39. The third-order valence-corrected chi connectivity index (χ3v) is 5.85. The summed E-state index contributed by atoms with van der Waals surface area (Å²) < 4.78 is 0. The van der Waals surface area contributed by atoms with Crippen LogP contribution in [0.4, 0.5) is 0 Å². The van der Waals surface area contributed by atoms with Crippen molar-refractivity contribution >= 4 is 0 Å². The van der Waals surface area contributed by atoms with Crippen molar-refractivity contribution in [3.8, 4) is 0 Å². The number of rotatable bonds is 4. The lowest BCUT2D eigenvalue weighted by molar-refractivity contribution is 0.0346. The van der Waals surface area contributed by atoms with Crippen LogP contribution in [0.5, 0.6) is 0 Å². The second-order valence-corrected chi connectivity index (χ2v) is 8.22. The second kappa shape index (κ2) is 6.79. The molecule has 0 aromatic rings. The summed E-state index contributed by atoms with van der Waals surface area (Å²) in [7, 11) is 0. The molecule has 1 saturated carbocycles. The molecule has 5 unspecified atom stereocenters. The zero-order valence-corrected chi connectivity index (χ0v) is 14.5. The molecule has 2 rings (SSSR count). The molecular formula is C18H36N2. The summed E-state index contributed by atoms with van der Waals surface area (Å²) >= 11 is 0. The van der Waals surface area contributed by atoms with Crippen LogP contribution in [0, 0.1) is 23.7 Å². The van der Waals surface area contributed by atoms with Crippen LogP contribution in [0.1, 0.15) is 60.8 Å². The minimum Gasteiger partial charge on any atom is -0.311 e. The van der Waals surface area contributed by atoms with Gasteiger partial charge in [-0.05, 0) is 42.9 Å². The van der Waals surface area contributed by atoms with Crippen molar-refractivity contribution in [2.24, 2.45) is 23.7 Å². The van der Waals surface area contributed by atoms with Gasteiger partial charge in [0.2, 0.25) is 0 Å². The average molecular weight is 280 g/mol. The van der Waals surface area contributed by atoms with Crippen LogP contribution in [-0.2, 0) is 0 Å². The number of piperazine rings is 1. The van der Waals surface area contributed by atoms with Gasteiger partial charge in [0.15, 0.2) is 0 Å². The summed E-state index contributed by atoms with van der Waals surface area (Å²) in [5.41, 5.74) is 0. The number of hydrogen-bond acceptors (Lipinski definition) is 2. The van der Waals surface area contributed by atoms with Crippen molar-refractivity contribution in [1.29, 1.82) is 0 Å². The van der Waals surface area contributed by atoms with E-state index >= 15 is 0 Å². The first kappa shape index (κ1) is 16.3. The highest BCUT2D eigenvalue weighted by atomic mass is 15.3. The molecule has 0 spiro atoms. The third-order valence-electron chi connectivity index (χ3n) is 5.85. The number of hydrogen-bond donors (Lipinski definition) is 1. The minimum absolute atomic E-state index is 0.702. The van der Waals surface area contributed by atoms with Crippen LogP contribution in [0.3, 0.4) is 0 Å². The summed E-state index contributed by atoms with van der Waals surface area (Å²) in [6.45, 7) is 16.9. The maximum absolute atomic E-state index is 3.82. The Morgan fingerprint density at radius 3 is 2.30 bits per heavy atom. The highest BCUT2D eigenvalue weighted by Crippen LogP contribution is 2.37. The molecule has 1 N–H and O–H groups in total. The Balaban J connectivity index is 2.07. The van der Waals surface area contributed by atoms with Gasteiger partial charge in [-0.15, -0.1) is 0 Å². The van der Waals surface area contributed by atoms with E-state index in [9.17, 15) is 0 Å². The van der Waals surface area contributed by atoms with E-state index in [4.69, 9.17) is 0 Å². The van der Waals surface area contributed by atoms with Crippen LogP contribution in [-0.4, -0.2) is 36.1 Å². The SMILES string of the molecule is CC(C)CC1CN(C2CCC(C)C2C)C(C(C)C)CN1. The molecule has 1 aliphatic heterocycles. The maximum Gasteiger partial charge on any atom is 0.0247 e. The van der Waals surface area contributed by atoms with Crippen LogP contribution < -0.4 is 5.32 Å². The topological polar surface area (TPSA) is 15.3 Å². The van der Waals surface area contributed by atoms with Gasteiger partial charge in [-0.2, -0.15) is 0 Å². The first-order valence-electron chi connectivity index (χ1n) is 8.89. The fraction of sp³-hybridized carbons (Fsp3) is 1.00. The minimum atomic E-state index is 0.702. The predicted molar refractivity (Wildman–Crippen MR) is 87.9 cm³/mol. The average Bonchev–Trinajstić information content (AvgIpc) is 2.69. The first-order chi connectivity index (χ1) is 9.40. The lowest BCUT2D eigenvalue weighted by Crippen LogP contribution is -2.61. The van der Waals surface area contributed by atoms with Crippen molar-refractivity contribution in [3.05, 3.63) is 0 Å². The summed E-state index contributed by atoms with van der Waals surface area (Å²) in [6, 6.07) is 2.26. The number of nitrogens with zero attached hydrogens (tertiary/aromatic N) is 1. The largest absolute Gasteiger partial charge is 0.311 e. The van der Waals surface area contributed by atoms with Gasteiger partial charge >= 0.3 is 0 Å². The molecule has 2 heteroatoms. The van der Waals surface area contributed by atoms with Crippen molar-refractivity contribution < 1.29 is 0 Å². The van der Waals surface area contributed by atoms with Crippen molar-refractivity contribution in [2.75, 3.05) is 13.1 Å². The van der Waals surface area contributed by atoms with E-state index in [0.29, 0.717) is 6.04 Å². The highest BCUT2D eigenvalue weighted by molar-refractivity contribution is 4.96. The lowest BCUT2D eigenvalue weighted by atomic mass is 9.90. The molecule has 5 atom stereocenters. The summed E-state index contributed by atoms with van der Waals surface area (Å²) in [4.78, 5) is 2.89. The Morgan fingerprint density at radius 1 is 1.10 bits per heavy atom. The quantitative estimate of drug-likeness (QED) is 0.843. The Hall–Kier alpha value is -0.0800. The van der Waals surface area contributed by atoms with E-state index in [1.54, 1.807) is 0 Å². The molecule has 0 radical (unpaired) electrons. The molecule has 0 amide bonds. The molecule has 1 heterocycles. The Morgan fingerprint density at radius 2 is 1.80 bits per heavy atom. The van der Waals surface area contributed by atoms with Crippen LogP contribution in [0.25, 0.3) is 0 Å². The van der Waals surface area contributed by atoms with Crippen molar-refractivity contribution in [1.82, 2.24) is 10.2 Å². The smallest absolute Gasteiger partial charge is 0.0247 e. The Labute approximate surface area is 126 Å². The van der Waals surface area contributed by atoms with E-state index in [-0.39, 0.29) is 0 Å². The van der Waals surface area contributed by atoms with E-state index in [0.717, 1.165) is 35.8 Å². The molecular weight excluding hydrogens is 244 g/mol. The van der Waals surface area contributed by atoms with Crippen molar-refractivity contribution in [2.45, 2.75) is 78.9 Å². The van der Waals surface area contributed by atoms with Crippen LogP contribution >= 0.6 is 0 Å². The second-order valence-electron chi connectivity index (χ2n) is 8.22. The molecule has 20 heavy (non-hydrogen) atoms. The van der Waals surface area contributed by atoms with E-state index < -0.39 is 0 Å². The normalized spacial score (nSPS) is 39.9. The van der Waals surface area contributed by atoms with E-state index in [1.165, 1.54) is 32.4 Å². The molecule has 1 aliphatic carbocycles. The molecule has 2 nitrogen and oxygen atoms in total. The van der Waals surface area contributed by atoms with Gasteiger partial charge in [0.25, 0.3) is 0 Å². The van der Waals surface area contributed by atoms with Gasteiger partial charge in [0.05, 0.1) is 0 Å². The van der Waals surface area contributed by atoms with Gasteiger partial charge in [-0.3, -0.25) is 4.90 Å². The van der Waals surface area contributed by atoms with Gasteiger partial charge in [0.1, 0.15) is 0 Å². The Kier molecular flexibility index (Phi) is 5.53. The zero-order chi connectivity index (χ0) is 14.9. The van der Waals surface area contributed by atoms with E-state index in [2.05, 4.69) is 51.8 Å². The van der Waals surface area contributed by atoms with Crippen molar-refractivity contribution in [3.63, 3.8) is 0 Å². The van der Waals surface area contributed by atoms with Gasteiger partial charge in [-0.25, -0.2) is 0 Å². The molecule has 2 fully saturated rings. The number of nitrogens with one attached hydrogen (secondary N) is 1. The third kappa shape index (κ3) is 3.57. The molecule has 0 bridgehead atoms. The zero-order valence-electron chi connectivity index (χ0n) is 14.5. The fourth-order valence-corrected chi connectivity index (χ4v) is 4.39. The van der Waals surface area contributed by atoms with Gasteiger partial charge in [0, 0.05) is 31.2 Å². The maximum atomic E-state index is 3.82. The van der Waals surface area contributed by atoms with E-state index in [1.807, 2.05) is 0 Å². The molecule has 2 aliphatic rings. The highest BCUT2D eigenvalue weighted by Gasteiger charge is 2.40. The van der Waals surface area contributed by atoms with Gasteiger partial charge in [-0.1, -0.05) is 41.5 Å². The predicted octanol–water partition coefficient (Wildman–Crippen LogP) is 3.77. The molecule has 0 aromatic carbocycles. The van der Waals surface area contributed by atoms with Crippen LogP contribution in [0.2, 0.25) is 0 Å². The monoisotopic (exact) mass is 280 g/mol. The molecule has 0 aromatic heterocycles.